The molecular weight excluding hydrogens is 257 g/mol. The minimum absolute atomic E-state index is 0. The molecule has 2 N–H and O–H groups in total. The lowest BCUT2D eigenvalue weighted by Crippen LogP contribution is -2.20. The molecule has 0 radical (unpaired) electrons. The highest BCUT2D eigenvalue weighted by Gasteiger charge is 2.28. The monoisotopic (exact) mass is 270 g/mol. The summed E-state index contributed by atoms with van der Waals surface area (Å²) < 4.78 is 40.3. The summed E-state index contributed by atoms with van der Waals surface area (Å²) in [6, 6.07) is 1.46. The fourth-order valence-corrected chi connectivity index (χ4v) is 1.13. The molecule has 0 spiro atoms. The van der Waals surface area contributed by atoms with Crippen molar-refractivity contribution in [3.05, 3.63) is 23.4 Å². The summed E-state index contributed by atoms with van der Waals surface area (Å²) in [6.45, 7) is 2.07. The average molecular weight is 271 g/mol. The van der Waals surface area contributed by atoms with Crippen molar-refractivity contribution in [2.45, 2.75) is 26.1 Å². The summed E-state index contributed by atoms with van der Waals surface area (Å²) in [5.41, 5.74) is 6.92. The predicted molar refractivity (Wildman–Crippen MR) is 60.4 cm³/mol. The number of rotatable bonds is 3. The zero-order valence-electron chi connectivity index (χ0n) is 9.41. The summed E-state index contributed by atoms with van der Waals surface area (Å²) >= 11 is 0. The molecule has 3 nitrogen and oxygen atoms in total. The lowest BCUT2D eigenvalue weighted by Gasteiger charge is -2.12. The zero-order valence-corrected chi connectivity index (χ0v) is 10.2. The lowest BCUT2D eigenvalue weighted by molar-refractivity contribution is -0.154. The molecule has 1 aromatic heterocycles. The Morgan fingerprint density at radius 1 is 1.47 bits per heavy atom. The highest BCUT2D eigenvalue weighted by molar-refractivity contribution is 5.85. The van der Waals surface area contributed by atoms with Crippen molar-refractivity contribution >= 4 is 12.4 Å². The van der Waals surface area contributed by atoms with Crippen LogP contribution in [0, 0.1) is 6.92 Å². The van der Waals surface area contributed by atoms with Crippen LogP contribution >= 0.6 is 12.4 Å². The summed E-state index contributed by atoms with van der Waals surface area (Å²) in [7, 11) is 0. The van der Waals surface area contributed by atoms with E-state index in [0.717, 1.165) is 5.56 Å². The normalized spacial score (nSPS) is 12.8. The minimum Gasteiger partial charge on any atom is -0.468 e. The third-order valence-corrected chi connectivity index (χ3v) is 1.95. The number of aromatic nitrogens is 1. The molecule has 0 aliphatic heterocycles. The average Bonchev–Trinajstić information content (AvgIpc) is 2.14. The van der Waals surface area contributed by atoms with E-state index in [1.807, 2.05) is 0 Å². The number of alkyl halides is 3. The molecule has 1 rings (SSSR count). The fourth-order valence-electron chi connectivity index (χ4n) is 1.13. The minimum atomic E-state index is -4.35. The van der Waals surface area contributed by atoms with Gasteiger partial charge in [0.1, 0.15) is 0 Å². The van der Waals surface area contributed by atoms with Crippen molar-refractivity contribution in [2.75, 3.05) is 6.61 Å². The van der Waals surface area contributed by atoms with Crippen molar-refractivity contribution in [1.29, 1.82) is 0 Å². The quantitative estimate of drug-likeness (QED) is 0.919. The second kappa shape index (κ2) is 6.07. The van der Waals surface area contributed by atoms with E-state index >= 15 is 0 Å². The molecule has 0 aromatic carbocycles. The number of nitrogens with two attached hydrogens (primary N) is 1. The van der Waals surface area contributed by atoms with Gasteiger partial charge in [-0.3, -0.25) is 0 Å². The van der Waals surface area contributed by atoms with Crippen LogP contribution in [0.5, 0.6) is 5.88 Å². The first-order chi connectivity index (χ1) is 7.29. The molecule has 0 aliphatic rings. The number of aryl methyl sites for hydroxylation is 1. The molecule has 0 amide bonds. The van der Waals surface area contributed by atoms with Crippen LogP contribution in [0.3, 0.4) is 0 Å². The van der Waals surface area contributed by atoms with Crippen molar-refractivity contribution in [1.82, 2.24) is 4.98 Å². The van der Waals surface area contributed by atoms with Gasteiger partial charge in [-0.05, 0) is 25.5 Å². The Kier molecular flexibility index (Phi) is 5.71. The molecule has 1 aromatic rings. The maximum atomic E-state index is 11.9. The first-order valence-corrected chi connectivity index (χ1v) is 4.71. The SMILES string of the molecule is Cc1cc(C(C)N)cnc1OCC(F)(F)F.Cl. The van der Waals surface area contributed by atoms with E-state index in [1.54, 1.807) is 19.9 Å². The van der Waals surface area contributed by atoms with Crippen molar-refractivity contribution in [3.8, 4) is 5.88 Å². The Hall–Kier alpha value is -1.01. The standard InChI is InChI=1S/C10H13F3N2O.ClH/c1-6-3-8(7(2)14)4-15-9(6)16-5-10(11,12)13;/h3-4,7H,5,14H2,1-2H3;1H. The highest BCUT2D eigenvalue weighted by Crippen LogP contribution is 2.21. The predicted octanol–water partition coefficient (Wildman–Crippen LogP) is 2.77. The Bertz CT molecular complexity index is 369. The molecule has 0 fully saturated rings. The number of hydrogen-bond acceptors (Lipinski definition) is 3. The third-order valence-electron chi connectivity index (χ3n) is 1.95. The molecule has 98 valence electrons. The van der Waals surface area contributed by atoms with Crippen LogP contribution in [0.15, 0.2) is 12.3 Å². The van der Waals surface area contributed by atoms with Gasteiger partial charge in [-0.25, -0.2) is 4.98 Å². The van der Waals surface area contributed by atoms with Gasteiger partial charge in [-0.1, -0.05) is 0 Å². The number of hydrogen-bond donors (Lipinski definition) is 1. The van der Waals surface area contributed by atoms with E-state index in [4.69, 9.17) is 5.73 Å². The Morgan fingerprint density at radius 3 is 2.47 bits per heavy atom. The highest BCUT2D eigenvalue weighted by atomic mass is 35.5. The number of nitrogens with zero attached hydrogens (tertiary/aromatic N) is 1. The van der Waals surface area contributed by atoms with Crippen LogP contribution < -0.4 is 10.5 Å². The van der Waals surface area contributed by atoms with E-state index in [9.17, 15) is 13.2 Å². The van der Waals surface area contributed by atoms with Gasteiger partial charge in [0.15, 0.2) is 6.61 Å². The van der Waals surface area contributed by atoms with Gasteiger partial charge >= 0.3 is 6.18 Å². The molecule has 0 bridgehead atoms. The first-order valence-electron chi connectivity index (χ1n) is 4.71. The second-order valence-corrected chi connectivity index (χ2v) is 3.58. The van der Waals surface area contributed by atoms with E-state index in [2.05, 4.69) is 9.72 Å². The molecule has 0 aliphatic carbocycles. The smallest absolute Gasteiger partial charge is 0.422 e. The van der Waals surface area contributed by atoms with E-state index in [0.29, 0.717) is 5.56 Å². The molecule has 17 heavy (non-hydrogen) atoms. The second-order valence-electron chi connectivity index (χ2n) is 3.58. The van der Waals surface area contributed by atoms with Crippen LogP contribution in [0.25, 0.3) is 0 Å². The van der Waals surface area contributed by atoms with E-state index in [1.165, 1.54) is 6.20 Å². The summed E-state index contributed by atoms with van der Waals surface area (Å²) in [4.78, 5) is 3.80. The maximum Gasteiger partial charge on any atom is 0.422 e. The van der Waals surface area contributed by atoms with E-state index < -0.39 is 12.8 Å². The zero-order chi connectivity index (χ0) is 12.3. The van der Waals surface area contributed by atoms with Gasteiger partial charge in [-0.15, -0.1) is 12.4 Å². The Balaban J connectivity index is 0.00000256. The number of ether oxygens (including phenoxy) is 1. The van der Waals surface area contributed by atoms with Crippen molar-refractivity contribution in [2.24, 2.45) is 5.73 Å². The van der Waals surface area contributed by atoms with Crippen molar-refractivity contribution < 1.29 is 17.9 Å². The van der Waals surface area contributed by atoms with Crippen LogP contribution in [0.1, 0.15) is 24.1 Å². The van der Waals surface area contributed by atoms with Gasteiger partial charge in [-0.2, -0.15) is 13.2 Å². The Morgan fingerprint density at radius 2 is 2.06 bits per heavy atom. The van der Waals surface area contributed by atoms with Gasteiger partial charge in [0.25, 0.3) is 0 Å². The molecule has 1 atom stereocenters. The molecule has 0 saturated heterocycles. The first kappa shape index (κ1) is 16.0. The number of pyridine rings is 1. The van der Waals surface area contributed by atoms with Gasteiger partial charge in [0, 0.05) is 17.8 Å². The molecule has 7 heteroatoms. The van der Waals surface area contributed by atoms with Crippen molar-refractivity contribution in [3.63, 3.8) is 0 Å². The summed E-state index contributed by atoms with van der Waals surface area (Å²) in [5.74, 6) is -0.0123. The summed E-state index contributed by atoms with van der Waals surface area (Å²) in [5, 5.41) is 0. The molecule has 0 saturated carbocycles. The van der Waals surface area contributed by atoms with Crippen LogP contribution in [-0.4, -0.2) is 17.8 Å². The molecule has 1 unspecified atom stereocenters. The number of halogens is 4. The third kappa shape index (κ3) is 5.23. The van der Waals surface area contributed by atoms with Gasteiger partial charge in [0.2, 0.25) is 5.88 Å². The topological polar surface area (TPSA) is 48.1 Å². The van der Waals surface area contributed by atoms with Gasteiger partial charge < -0.3 is 10.5 Å². The van der Waals surface area contributed by atoms with E-state index in [-0.39, 0.29) is 24.3 Å². The summed E-state index contributed by atoms with van der Waals surface area (Å²) in [6.07, 6.45) is -2.93. The Labute approximate surface area is 104 Å². The largest absolute Gasteiger partial charge is 0.468 e. The lowest BCUT2D eigenvalue weighted by atomic mass is 10.1. The van der Waals surface area contributed by atoms with Crippen LogP contribution in [0.4, 0.5) is 13.2 Å². The molecule has 1 heterocycles. The van der Waals surface area contributed by atoms with Gasteiger partial charge in [0.05, 0.1) is 0 Å². The van der Waals surface area contributed by atoms with Crippen LogP contribution in [0.2, 0.25) is 0 Å². The maximum absolute atomic E-state index is 11.9. The fraction of sp³-hybridized carbons (Fsp3) is 0.500. The molecular formula is C10H14ClF3N2O. The van der Waals surface area contributed by atoms with Crippen LogP contribution in [-0.2, 0) is 0 Å².